The summed E-state index contributed by atoms with van der Waals surface area (Å²) in [6, 6.07) is 5.80. The molecule has 0 saturated heterocycles. The first-order valence-electron chi connectivity index (χ1n) is 9.06. The Morgan fingerprint density at radius 1 is 1.08 bits per heavy atom. The van der Waals surface area contributed by atoms with Gasteiger partial charge in [-0.05, 0) is 45.2 Å². The summed E-state index contributed by atoms with van der Waals surface area (Å²) in [5.74, 6) is -0.406. The van der Waals surface area contributed by atoms with Crippen LogP contribution in [0, 0.1) is 27.7 Å². The van der Waals surface area contributed by atoms with Crippen LogP contribution in [0.25, 0.3) is 0 Å². The van der Waals surface area contributed by atoms with E-state index in [4.69, 9.17) is 11.6 Å². The van der Waals surface area contributed by atoms with Crippen molar-refractivity contribution in [2.45, 2.75) is 60.4 Å². The van der Waals surface area contributed by atoms with E-state index < -0.39 is 11.3 Å². The molecule has 140 valence electrons. The normalized spacial score (nSPS) is 10.8. The summed E-state index contributed by atoms with van der Waals surface area (Å²) < 4.78 is 1.99. The van der Waals surface area contributed by atoms with Crippen LogP contribution >= 0.6 is 11.6 Å². The first-order valence-corrected chi connectivity index (χ1v) is 9.44. The summed E-state index contributed by atoms with van der Waals surface area (Å²) in [5.41, 5.74) is 3.75. The van der Waals surface area contributed by atoms with Gasteiger partial charge in [-0.3, -0.25) is 9.59 Å². The van der Waals surface area contributed by atoms with Crippen LogP contribution < -0.4 is 10.7 Å². The molecule has 0 fully saturated rings. The molecule has 26 heavy (non-hydrogen) atoms. The first-order chi connectivity index (χ1) is 12.3. The number of para-hydroxylation sites is 1. The number of anilines is 1. The fourth-order valence-electron chi connectivity index (χ4n) is 3.25. The second-order valence-electron chi connectivity index (χ2n) is 6.77. The van der Waals surface area contributed by atoms with Gasteiger partial charge in [0.2, 0.25) is 5.43 Å². The molecule has 0 bridgehead atoms. The van der Waals surface area contributed by atoms with Crippen molar-refractivity contribution >= 4 is 23.2 Å². The fourth-order valence-corrected chi connectivity index (χ4v) is 3.45. The van der Waals surface area contributed by atoms with E-state index in [9.17, 15) is 9.59 Å². The van der Waals surface area contributed by atoms with Gasteiger partial charge in [-0.25, -0.2) is 0 Å². The molecule has 1 heterocycles. The number of halogens is 1. The second kappa shape index (κ2) is 8.54. The SMILES string of the molecule is CCCCCn1c(C)c(Cl)c(=O)c(C(=O)Nc2c(C)cccc2C)c1C. The number of benzene rings is 1. The number of amides is 1. The van der Waals surface area contributed by atoms with Crippen molar-refractivity contribution in [1.29, 1.82) is 0 Å². The zero-order valence-electron chi connectivity index (χ0n) is 16.2. The van der Waals surface area contributed by atoms with Gasteiger partial charge in [-0.1, -0.05) is 49.6 Å². The maximum absolute atomic E-state index is 12.9. The monoisotopic (exact) mass is 374 g/mol. The predicted molar refractivity (Wildman–Crippen MR) is 109 cm³/mol. The molecule has 0 saturated carbocycles. The van der Waals surface area contributed by atoms with Crippen molar-refractivity contribution < 1.29 is 4.79 Å². The summed E-state index contributed by atoms with van der Waals surface area (Å²) in [7, 11) is 0. The number of unbranched alkanes of at least 4 members (excludes halogenated alkanes) is 2. The number of nitrogens with zero attached hydrogens (tertiary/aromatic N) is 1. The average Bonchev–Trinajstić information content (AvgIpc) is 2.59. The number of hydrogen-bond acceptors (Lipinski definition) is 2. The van der Waals surface area contributed by atoms with E-state index >= 15 is 0 Å². The van der Waals surface area contributed by atoms with Crippen LogP contribution in [0.4, 0.5) is 5.69 Å². The Morgan fingerprint density at radius 2 is 1.69 bits per heavy atom. The van der Waals surface area contributed by atoms with E-state index in [-0.39, 0.29) is 10.6 Å². The summed E-state index contributed by atoms with van der Waals surface area (Å²) in [4.78, 5) is 25.6. The minimum atomic E-state index is -0.406. The number of hydrogen-bond donors (Lipinski definition) is 1. The van der Waals surface area contributed by atoms with Crippen LogP contribution in [0.1, 0.15) is 59.1 Å². The number of carbonyl (C=O) groups is 1. The molecule has 0 spiro atoms. The molecule has 0 aliphatic heterocycles. The molecule has 0 radical (unpaired) electrons. The van der Waals surface area contributed by atoms with E-state index in [0.717, 1.165) is 42.6 Å². The number of carbonyl (C=O) groups excluding carboxylic acids is 1. The Morgan fingerprint density at radius 3 is 2.27 bits per heavy atom. The van der Waals surface area contributed by atoms with Gasteiger partial charge in [0.15, 0.2) is 0 Å². The molecule has 2 rings (SSSR count). The van der Waals surface area contributed by atoms with Crippen molar-refractivity contribution in [3.63, 3.8) is 0 Å². The number of pyridine rings is 1. The molecule has 4 nitrogen and oxygen atoms in total. The molecule has 1 aromatic heterocycles. The summed E-state index contributed by atoms with van der Waals surface area (Å²) >= 11 is 6.27. The Bertz CT molecular complexity index is 864. The van der Waals surface area contributed by atoms with Gasteiger partial charge < -0.3 is 9.88 Å². The van der Waals surface area contributed by atoms with Crippen LogP contribution in [0.15, 0.2) is 23.0 Å². The molecule has 2 aromatic rings. The van der Waals surface area contributed by atoms with E-state index in [1.807, 2.05) is 50.5 Å². The third-order valence-corrected chi connectivity index (χ3v) is 5.29. The van der Waals surface area contributed by atoms with E-state index in [2.05, 4.69) is 12.2 Å². The topological polar surface area (TPSA) is 51.1 Å². The molecule has 1 N–H and O–H groups in total. The number of aryl methyl sites for hydroxylation is 2. The van der Waals surface area contributed by atoms with Gasteiger partial charge in [0.25, 0.3) is 5.91 Å². The lowest BCUT2D eigenvalue weighted by Crippen LogP contribution is -2.28. The van der Waals surface area contributed by atoms with Crippen LogP contribution in [0.2, 0.25) is 5.02 Å². The molecule has 0 aliphatic carbocycles. The largest absolute Gasteiger partial charge is 0.347 e. The minimum Gasteiger partial charge on any atom is -0.347 e. The number of nitrogens with one attached hydrogen (secondary N) is 1. The lowest BCUT2D eigenvalue weighted by molar-refractivity contribution is 0.102. The first kappa shape index (κ1) is 20.2. The van der Waals surface area contributed by atoms with E-state index in [0.29, 0.717) is 11.4 Å². The third kappa shape index (κ3) is 4.01. The highest BCUT2D eigenvalue weighted by molar-refractivity contribution is 6.31. The van der Waals surface area contributed by atoms with Crippen LogP contribution in [0.3, 0.4) is 0 Å². The molecule has 1 amide bonds. The maximum atomic E-state index is 12.9. The van der Waals surface area contributed by atoms with Crippen molar-refractivity contribution in [1.82, 2.24) is 4.57 Å². The van der Waals surface area contributed by atoms with Crippen molar-refractivity contribution in [3.05, 3.63) is 61.5 Å². The number of aromatic nitrogens is 1. The lowest BCUT2D eigenvalue weighted by Gasteiger charge is -2.19. The highest BCUT2D eigenvalue weighted by atomic mass is 35.5. The predicted octanol–water partition coefficient (Wildman–Crippen LogP) is 5.18. The lowest BCUT2D eigenvalue weighted by atomic mass is 10.1. The average molecular weight is 375 g/mol. The summed E-state index contributed by atoms with van der Waals surface area (Å²) in [6.07, 6.45) is 3.17. The molecule has 0 aliphatic rings. The van der Waals surface area contributed by atoms with Crippen molar-refractivity contribution in [2.75, 3.05) is 5.32 Å². The molecular weight excluding hydrogens is 348 g/mol. The molecule has 0 unspecified atom stereocenters. The second-order valence-corrected chi connectivity index (χ2v) is 7.15. The third-order valence-electron chi connectivity index (χ3n) is 4.85. The minimum absolute atomic E-state index is 0.124. The van der Waals surface area contributed by atoms with Crippen LogP contribution in [-0.4, -0.2) is 10.5 Å². The van der Waals surface area contributed by atoms with Crippen LogP contribution in [-0.2, 0) is 6.54 Å². The molecular formula is C21H27ClN2O2. The van der Waals surface area contributed by atoms with Gasteiger partial charge >= 0.3 is 0 Å². The van der Waals surface area contributed by atoms with Gasteiger partial charge in [0.1, 0.15) is 10.6 Å². The molecule has 1 aromatic carbocycles. The highest BCUT2D eigenvalue weighted by Crippen LogP contribution is 2.22. The maximum Gasteiger partial charge on any atom is 0.261 e. The summed E-state index contributed by atoms with van der Waals surface area (Å²) in [6.45, 7) is 10.4. The zero-order valence-corrected chi connectivity index (χ0v) is 17.0. The van der Waals surface area contributed by atoms with Gasteiger partial charge in [-0.15, -0.1) is 0 Å². The van der Waals surface area contributed by atoms with Gasteiger partial charge in [0, 0.05) is 23.6 Å². The van der Waals surface area contributed by atoms with Gasteiger partial charge in [0.05, 0.1) is 0 Å². The highest BCUT2D eigenvalue weighted by Gasteiger charge is 2.22. The smallest absolute Gasteiger partial charge is 0.261 e. The van der Waals surface area contributed by atoms with Crippen molar-refractivity contribution in [3.8, 4) is 0 Å². The molecule has 5 heteroatoms. The van der Waals surface area contributed by atoms with E-state index in [1.54, 1.807) is 0 Å². The molecule has 0 atom stereocenters. The van der Waals surface area contributed by atoms with E-state index in [1.165, 1.54) is 0 Å². The van der Waals surface area contributed by atoms with Gasteiger partial charge in [-0.2, -0.15) is 0 Å². The number of rotatable bonds is 6. The van der Waals surface area contributed by atoms with Crippen LogP contribution in [0.5, 0.6) is 0 Å². The summed E-state index contributed by atoms with van der Waals surface area (Å²) in [5, 5.41) is 3.03. The Kier molecular flexibility index (Phi) is 6.65. The fraction of sp³-hybridized carbons (Fsp3) is 0.429. The Labute approximate surface area is 160 Å². The quantitative estimate of drug-likeness (QED) is 0.708. The van der Waals surface area contributed by atoms with Crippen molar-refractivity contribution in [2.24, 2.45) is 0 Å². The Hall–Kier alpha value is -2.07. The Balaban J connectivity index is 2.48. The standard InChI is InChI=1S/C21H27ClN2O2/c1-6-7-8-12-24-15(4)17(20(25)18(22)16(24)5)21(26)23-19-13(2)10-9-11-14(19)3/h9-11H,6-8,12H2,1-5H3,(H,23,26). The zero-order chi connectivity index (χ0) is 19.4.